The van der Waals surface area contributed by atoms with E-state index in [4.69, 9.17) is 11.6 Å². The third kappa shape index (κ3) is 3.47. The van der Waals surface area contributed by atoms with Crippen LogP contribution in [-0.2, 0) is 0 Å². The molecule has 1 aromatic rings. The average Bonchev–Trinajstić information content (AvgIpc) is 3.18. The minimum Gasteiger partial charge on any atom is -0.336 e. The highest BCUT2D eigenvalue weighted by Crippen LogP contribution is 2.29. The van der Waals surface area contributed by atoms with Gasteiger partial charge in [0.2, 0.25) is 0 Å². The van der Waals surface area contributed by atoms with E-state index < -0.39 is 0 Å². The molecule has 1 aliphatic carbocycles. The first-order valence-corrected chi connectivity index (χ1v) is 7.39. The standard InChI is InChI=1S/C15H21ClN2O/c1-4-7-18(12-5-6-12)15(19)11-8-13(10(2)3)17-14(16)9-11/h8-10,12H,4-7H2,1-3H3. The number of aromatic nitrogens is 1. The van der Waals surface area contributed by atoms with Crippen molar-refractivity contribution in [2.45, 2.75) is 52.0 Å². The topological polar surface area (TPSA) is 33.2 Å². The molecule has 1 saturated carbocycles. The van der Waals surface area contributed by atoms with Crippen molar-refractivity contribution in [3.63, 3.8) is 0 Å². The number of pyridine rings is 1. The summed E-state index contributed by atoms with van der Waals surface area (Å²) in [4.78, 5) is 18.8. The van der Waals surface area contributed by atoms with E-state index in [-0.39, 0.29) is 11.8 Å². The molecule has 0 N–H and O–H groups in total. The number of carbonyl (C=O) groups excluding carboxylic acids is 1. The average molecular weight is 281 g/mol. The highest BCUT2D eigenvalue weighted by Gasteiger charge is 2.32. The molecule has 1 aromatic heterocycles. The predicted octanol–water partition coefficient (Wildman–Crippen LogP) is 3.87. The maximum Gasteiger partial charge on any atom is 0.254 e. The Morgan fingerprint density at radius 1 is 1.47 bits per heavy atom. The van der Waals surface area contributed by atoms with Crippen molar-refractivity contribution in [3.05, 3.63) is 28.5 Å². The second-order valence-corrected chi connectivity index (χ2v) is 5.88. The number of nitrogens with zero attached hydrogens (tertiary/aromatic N) is 2. The summed E-state index contributed by atoms with van der Waals surface area (Å²) in [6.45, 7) is 7.03. The quantitative estimate of drug-likeness (QED) is 0.767. The molecular formula is C15H21ClN2O. The minimum atomic E-state index is 0.0931. The van der Waals surface area contributed by atoms with Gasteiger partial charge < -0.3 is 4.90 Å². The maximum absolute atomic E-state index is 12.6. The first-order valence-electron chi connectivity index (χ1n) is 7.01. The molecule has 4 heteroatoms. The van der Waals surface area contributed by atoms with Crippen LogP contribution in [-0.4, -0.2) is 28.4 Å². The summed E-state index contributed by atoms with van der Waals surface area (Å²) in [5, 5.41) is 0.404. The summed E-state index contributed by atoms with van der Waals surface area (Å²) in [6, 6.07) is 3.99. The van der Waals surface area contributed by atoms with E-state index in [0.29, 0.717) is 16.8 Å². The lowest BCUT2D eigenvalue weighted by Gasteiger charge is -2.22. The Hall–Kier alpha value is -1.09. The van der Waals surface area contributed by atoms with E-state index >= 15 is 0 Å². The van der Waals surface area contributed by atoms with E-state index in [0.717, 1.165) is 31.5 Å². The van der Waals surface area contributed by atoms with Crippen molar-refractivity contribution in [1.29, 1.82) is 0 Å². The van der Waals surface area contributed by atoms with Crippen LogP contribution in [0.25, 0.3) is 0 Å². The molecule has 0 saturated heterocycles. The zero-order chi connectivity index (χ0) is 14.0. The molecule has 1 amide bonds. The number of amides is 1. The fraction of sp³-hybridized carbons (Fsp3) is 0.600. The highest BCUT2D eigenvalue weighted by molar-refractivity contribution is 6.29. The molecule has 0 aliphatic heterocycles. The molecule has 0 radical (unpaired) electrons. The minimum absolute atomic E-state index is 0.0931. The van der Waals surface area contributed by atoms with Gasteiger partial charge in [-0.25, -0.2) is 4.98 Å². The molecule has 2 rings (SSSR count). The number of carbonyl (C=O) groups is 1. The van der Waals surface area contributed by atoms with E-state index in [2.05, 4.69) is 25.8 Å². The van der Waals surface area contributed by atoms with Crippen LogP contribution < -0.4 is 0 Å². The summed E-state index contributed by atoms with van der Waals surface area (Å²) in [5.41, 5.74) is 1.55. The van der Waals surface area contributed by atoms with Crippen LogP contribution in [0.15, 0.2) is 12.1 Å². The lowest BCUT2D eigenvalue weighted by molar-refractivity contribution is 0.0743. The molecule has 0 unspecified atom stereocenters. The van der Waals surface area contributed by atoms with Gasteiger partial charge in [0.25, 0.3) is 5.91 Å². The van der Waals surface area contributed by atoms with Crippen LogP contribution in [0.3, 0.4) is 0 Å². The second kappa shape index (κ2) is 5.91. The monoisotopic (exact) mass is 280 g/mol. The Morgan fingerprint density at radius 2 is 2.16 bits per heavy atom. The number of hydrogen-bond acceptors (Lipinski definition) is 2. The molecule has 0 atom stereocenters. The van der Waals surface area contributed by atoms with Crippen molar-refractivity contribution in [3.8, 4) is 0 Å². The lowest BCUT2D eigenvalue weighted by Crippen LogP contribution is -2.33. The van der Waals surface area contributed by atoms with E-state index in [9.17, 15) is 4.79 Å². The molecule has 19 heavy (non-hydrogen) atoms. The summed E-state index contributed by atoms with van der Waals surface area (Å²) in [5.74, 6) is 0.362. The third-order valence-corrected chi connectivity index (χ3v) is 3.56. The van der Waals surface area contributed by atoms with Gasteiger partial charge in [-0.15, -0.1) is 0 Å². The maximum atomic E-state index is 12.6. The zero-order valence-electron chi connectivity index (χ0n) is 11.8. The molecule has 1 heterocycles. The summed E-state index contributed by atoms with van der Waals surface area (Å²) in [7, 11) is 0. The molecule has 0 bridgehead atoms. The van der Waals surface area contributed by atoms with Crippen LogP contribution in [0.1, 0.15) is 62.0 Å². The van der Waals surface area contributed by atoms with Crippen LogP contribution in [0.2, 0.25) is 5.15 Å². The lowest BCUT2D eigenvalue weighted by atomic mass is 10.1. The Balaban J connectivity index is 2.26. The van der Waals surface area contributed by atoms with Crippen LogP contribution in [0, 0.1) is 0 Å². The van der Waals surface area contributed by atoms with Gasteiger partial charge in [-0.1, -0.05) is 32.4 Å². The number of hydrogen-bond donors (Lipinski definition) is 0. The normalized spacial score (nSPS) is 14.8. The van der Waals surface area contributed by atoms with Crippen LogP contribution >= 0.6 is 11.6 Å². The van der Waals surface area contributed by atoms with E-state index in [1.807, 2.05) is 11.0 Å². The van der Waals surface area contributed by atoms with Crippen molar-refractivity contribution < 1.29 is 4.79 Å². The highest BCUT2D eigenvalue weighted by atomic mass is 35.5. The first kappa shape index (κ1) is 14.3. The van der Waals surface area contributed by atoms with Gasteiger partial charge in [-0.2, -0.15) is 0 Å². The Kier molecular flexibility index (Phi) is 4.46. The Labute approximate surface area is 120 Å². The van der Waals surface area contributed by atoms with Crippen molar-refractivity contribution in [1.82, 2.24) is 9.88 Å². The molecule has 104 valence electrons. The van der Waals surface area contributed by atoms with Gasteiger partial charge in [0.15, 0.2) is 0 Å². The van der Waals surface area contributed by atoms with Gasteiger partial charge in [0.05, 0.1) is 0 Å². The fourth-order valence-electron chi connectivity index (χ4n) is 2.18. The smallest absolute Gasteiger partial charge is 0.254 e. The number of halogens is 1. The molecule has 1 fully saturated rings. The Morgan fingerprint density at radius 3 is 2.68 bits per heavy atom. The fourth-order valence-corrected chi connectivity index (χ4v) is 2.39. The second-order valence-electron chi connectivity index (χ2n) is 5.49. The summed E-state index contributed by atoms with van der Waals surface area (Å²) in [6.07, 6.45) is 3.24. The third-order valence-electron chi connectivity index (χ3n) is 3.37. The molecule has 1 aliphatic rings. The van der Waals surface area contributed by atoms with Gasteiger partial charge in [0.1, 0.15) is 5.15 Å². The summed E-state index contributed by atoms with van der Waals surface area (Å²) < 4.78 is 0. The van der Waals surface area contributed by atoms with Crippen molar-refractivity contribution in [2.75, 3.05) is 6.54 Å². The first-order chi connectivity index (χ1) is 9.02. The van der Waals surface area contributed by atoms with Crippen molar-refractivity contribution in [2.24, 2.45) is 0 Å². The zero-order valence-corrected chi connectivity index (χ0v) is 12.6. The predicted molar refractivity (Wildman–Crippen MR) is 77.7 cm³/mol. The molecule has 0 aromatic carbocycles. The van der Waals surface area contributed by atoms with Crippen LogP contribution in [0.4, 0.5) is 0 Å². The van der Waals surface area contributed by atoms with Gasteiger partial charge in [-0.05, 0) is 37.3 Å². The van der Waals surface area contributed by atoms with E-state index in [1.54, 1.807) is 6.07 Å². The van der Waals surface area contributed by atoms with Gasteiger partial charge in [0, 0.05) is 23.8 Å². The summed E-state index contributed by atoms with van der Waals surface area (Å²) >= 11 is 6.03. The molecular weight excluding hydrogens is 260 g/mol. The van der Waals surface area contributed by atoms with Gasteiger partial charge >= 0.3 is 0 Å². The molecule has 3 nitrogen and oxygen atoms in total. The van der Waals surface area contributed by atoms with E-state index in [1.165, 1.54) is 0 Å². The van der Waals surface area contributed by atoms with Gasteiger partial charge in [-0.3, -0.25) is 4.79 Å². The Bertz CT molecular complexity index is 469. The SMILES string of the molecule is CCCN(C(=O)c1cc(Cl)nc(C(C)C)c1)C1CC1. The largest absolute Gasteiger partial charge is 0.336 e. The molecule has 0 spiro atoms. The number of rotatable bonds is 5. The van der Waals surface area contributed by atoms with Crippen molar-refractivity contribution >= 4 is 17.5 Å². The van der Waals surface area contributed by atoms with Crippen LogP contribution in [0.5, 0.6) is 0 Å².